The number of anilines is 1. The van der Waals surface area contributed by atoms with E-state index in [-0.39, 0.29) is 11.7 Å². The first-order valence-electron chi connectivity index (χ1n) is 9.53. The zero-order valence-corrected chi connectivity index (χ0v) is 17.8. The molecule has 0 radical (unpaired) electrons. The van der Waals surface area contributed by atoms with E-state index in [2.05, 4.69) is 28.5 Å². The zero-order valence-electron chi connectivity index (χ0n) is 16.1. The number of benzene rings is 2. The molecule has 29 heavy (non-hydrogen) atoms. The summed E-state index contributed by atoms with van der Waals surface area (Å²) >= 11 is 1.39. The number of hydrogen-bond donors (Lipinski definition) is 1. The predicted molar refractivity (Wildman–Crippen MR) is 117 cm³/mol. The van der Waals surface area contributed by atoms with E-state index in [4.69, 9.17) is 0 Å². The predicted octanol–water partition coefficient (Wildman–Crippen LogP) is 4.49. The van der Waals surface area contributed by atoms with Crippen LogP contribution in [0.5, 0.6) is 0 Å². The Balaban J connectivity index is 1.45. The van der Waals surface area contributed by atoms with Gasteiger partial charge in [0.1, 0.15) is 0 Å². The third kappa shape index (κ3) is 4.92. The molecule has 0 aliphatic heterocycles. The molecule has 1 heterocycles. The van der Waals surface area contributed by atoms with Crippen LogP contribution < -0.4 is 5.32 Å². The Morgan fingerprint density at radius 3 is 2.52 bits per heavy atom. The molecule has 4 rings (SSSR count). The van der Waals surface area contributed by atoms with Crippen molar-refractivity contribution in [2.24, 2.45) is 0 Å². The quantitative estimate of drug-likeness (QED) is 0.652. The fourth-order valence-electron chi connectivity index (χ4n) is 3.58. The van der Waals surface area contributed by atoms with Crippen LogP contribution in [0.25, 0.3) is 11.3 Å². The summed E-state index contributed by atoms with van der Waals surface area (Å²) in [4.78, 5) is 17.1. The van der Waals surface area contributed by atoms with Gasteiger partial charge in [-0.3, -0.25) is 10.1 Å². The van der Waals surface area contributed by atoms with Crippen LogP contribution in [0.1, 0.15) is 39.9 Å². The number of carbonyl (C=O) groups excluding carboxylic acids is 1. The van der Waals surface area contributed by atoms with Crippen molar-refractivity contribution >= 4 is 32.2 Å². The number of fused-ring (bicyclic) bond motifs is 1. The van der Waals surface area contributed by atoms with E-state index in [1.807, 2.05) is 5.38 Å². The number of aryl methyl sites for hydroxylation is 2. The highest BCUT2D eigenvalue weighted by atomic mass is 32.2. The van der Waals surface area contributed by atoms with Crippen molar-refractivity contribution in [3.63, 3.8) is 0 Å². The third-order valence-corrected chi connectivity index (χ3v) is 6.63. The average Bonchev–Trinajstić information content (AvgIpc) is 3.15. The number of thiazole rings is 1. The molecule has 1 aliphatic rings. The number of nitrogens with one attached hydrogen (secondary N) is 1. The van der Waals surface area contributed by atoms with Gasteiger partial charge in [0.25, 0.3) is 5.91 Å². The highest BCUT2D eigenvalue weighted by molar-refractivity contribution is 7.89. The number of aromatic nitrogens is 1. The second kappa shape index (κ2) is 8.08. The molecule has 1 amide bonds. The lowest BCUT2D eigenvalue weighted by atomic mass is 9.90. The van der Waals surface area contributed by atoms with E-state index in [0.717, 1.165) is 24.1 Å². The van der Waals surface area contributed by atoms with Crippen LogP contribution >= 0.6 is 11.3 Å². The number of carbonyl (C=O) groups is 1. The van der Waals surface area contributed by atoms with Crippen molar-refractivity contribution in [3.8, 4) is 11.3 Å². The maximum Gasteiger partial charge on any atom is 0.257 e. The molecule has 5 nitrogen and oxygen atoms in total. The maximum atomic E-state index is 12.5. The second-order valence-electron chi connectivity index (χ2n) is 7.45. The van der Waals surface area contributed by atoms with E-state index < -0.39 is 9.84 Å². The molecular formula is C22H22N2O3S2. The molecule has 1 aliphatic carbocycles. The third-order valence-electron chi connectivity index (χ3n) is 5.01. The summed E-state index contributed by atoms with van der Waals surface area (Å²) in [7, 11) is -3.10. The number of hydrogen-bond acceptors (Lipinski definition) is 5. The van der Waals surface area contributed by atoms with E-state index in [0.29, 0.717) is 16.3 Å². The van der Waals surface area contributed by atoms with Gasteiger partial charge in [-0.25, -0.2) is 13.4 Å². The average molecular weight is 427 g/mol. The van der Waals surface area contributed by atoms with Gasteiger partial charge in [-0.15, -0.1) is 11.3 Å². The minimum absolute atomic E-state index is 0.0362. The van der Waals surface area contributed by atoms with Crippen LogP contribution in [0.15, 0.2) is 47.8 Å². The molecule has 7 heteroatoms. The van der Waals surface area contributed by atoms with Crippen LogP contribution in [0.2, 0.25) is 0 Å². The molecule has 0 saturated carbocycles. The van der Waals surface area contributed by atoms with Gasteiger partial charge in [0.15, 0.2) is 15.0 Å². The minimum atomic E-state index is -3.10. The molecule has 1 aromatic heterocycles. The number of sulfone groups is 1. The van der Waals surface area contributed by atoms with Crippen LogP contribution in [-0.4, -0.2) is 25.6 Å². The lowest BCUT2D eigenvalue weighted by Crippen LogP contribution is -2.12. The lowest BCUT2D eigenvalue weighted by Gasteiger charge is -2.16. The highest BCUT2D eigenvalue weighted by Gasteiger charge is 2.14. The van der Waals surface area contributed by atoms with Gasteiger partial charge in [-0.2, -0.15) is 0 Å². The number of amides is 1. The molecular weight excluding hydrogens is 404 g/mol. The molecule has 0 fully saturated rings. The molecule has 3 aromatic rings. The van der Waals surface area contributed by atoms with Gasteiger partial charge in [0.05, 0.1) is 11.4 Å². The molecule has 2 aromatic carbocycles. The summed E-state index contributed by atoms with van der Waals surface area (Å²) in [6.07, 6.45) is 5.95. The normalized spacial score (nSPS) is 13.7. The topological polar surface area (TPSA) is 76.1 Å². The SMILES string of the molecule is CS(=O)(=O)Cc1ccc(C(=O)Nc2nc(-c3ccc4c(c3)CCCC4)cs2)cc1. The fourth-order valence-corrected chi connectivity index (χ4v) is 5.09. The summed E-state index contributed by atoms with van der Waals surface area (Å²) in [6.45, 7) is 0. The van der Waals surface area contributed by atoms with Gasteiger partial charge >= 0.3 is 0 Å². The molecule has 0 unspecified atom stereocenters. The van der Waals surface area contributed by atoms with Gasteiger partial charge in [-0.1, -0.05) is 24.3 Å². The van der Waals surface area contributed by atoms with Crippen molar-refractivity contribution in [1.29, 1.82) is 0 Å². The first-order valence-corrected chi connectivity index (χ1v) is 12.5. The van der Waals surface area contributed by atoms with E-state index >= 15 is 0 Å². The molecule has 0 bridgehead atoms. The van der Waals surface area contributed by atoms with Gasteiger partial charge in [0.2, 0.25) is 0 Å². The Morgan fingerprint density at radius 2 is 1.79 bits per heavy atom. The Hall–Kier alpha value is -2.51. The fraction of sp³-hybridized carbons (Fsp3) is 0.273. The molecule has 0 atom stereocenters. The Labute approximate surface area is 174 Å². The number of nitrogens with zero attached hydrogens (tertiary/aromatic N) is 1. The highest BCUT2D eigenvalue weighted by Crippen LogP contribution is 2.29. The van der Waals surface area contributed by atoms with Gasteiger partial charge < -0.3 is 0 Å². The van der Waals surface area contributed by atoms with E-state index in [9.17, 15) is 13.2 Å². The Kier molecular flexibility index (Phi) is 5.52. The minimum Gasteiger partial charge on any atom is -0.298 e. The molecule has 0 saturated heterocycles. The van der Waals surface area contributed by atoms with E-state index in [1.54, 1.807) is 24.3 Å². The van der Waals surface area contributed by atoms with Crippen LogP contribution in [0.3, 0.4) is 0 Å². The standard InChI is InChI=1S/C22H22N2O3S2/c1-29(26,27)14-15-6-8-17(9-7-15)21(25)24-22-23-20(13-28-22)19-11-10-16-4-2-3-5-18(16)12-19/h6-13H,2-5,14H2,1H3,(H,23,24,25). The first kappa shape index (κ1) is 19.8. The number of rotatable bonds is 5. The Bertz CT molecular complexity index is 1150. The maximum absolute atomic E-state index is 12.5. The smallest absolute Gasteiger partial charge is 0.257 e. The first-order chi connectivity index (χ1) is 13.9. The summed E-state index contributed by atoms with van der Waals surface area (Å²) in [5.74, 6) is -0.298. The van der Waals surface area contributed by atoms with E-state index in [1.165, 1.54) is 41.6 Å². The van der Waals surface area contributed by atoms with Crippen molar-refractivity contribution in [2.45, 2.75) is 31.4 Å². The monoisotopic (exact) mass is 426 g/mol. The zero-order chi connectivity index (χ0) is 20.4. The van der Waals surface area contributed by atoms with Gasteiger partial charge in [0, 0.05) is 22.8 Å². The largest absolute Gasteiger partial charge is 0.298 e. The molecule has 150 valence electrons. The van der Waals surface area contributed by atoms with Crippen molar-refractivity contribution < 1.29 is 13.2 Å². The van der Waals surface area contributed by atoms with Gasteiger partial charge in [-0.05, 0) is 60.6 Å². The summed E-state index contributed by atoms with van der Waals surface area (Å²) in [5, 5.41) is 5.33. The van der Waals surface area contributed by atoms with Crippen molar-refractivity contribution in [2.75, 3.05) is 11.6 Å². The van der Waals surface area contributed by atoms with Crippen LogP contribution in [-0.2, 0) is 28.4 Å². The second-order valence-corrected chi connectivity index (χ2v) is 10.4. The summed E-state index contributed by atoms with van der Waals surface area (Å²) in [6, 6.07) is 13.1. The molecule has 0 spiro atoms. The summed E-state index contributed by atoms with van der Waals surface area (Å²) < 4.78 is 22.7. The van der Waals surface area contributed by atoms with Crippen LogP contribution in [0.4, 0.5) is 5.13 Å². The van der Waals surface area contributed by atoms with Crippen LogP contribution in [0, 0.1) is 0 Å². The molecule has 1 N–H and O–H groups in total. The summed E-state index contributed by atoms with van der Waals surface area (Å²) in [5.41, 5.74) is 5.90. The van der Waals surface area contributed by atoms with Crippen molar-refractivity contribution in [1.82, 2.24) is 4.98 Å². The Morgan fingerprint density at radius 1 is 1.07 bits per heavy atom. The van der Waals surface area contributed by atoms with Crippen molar-refractivity contribution in [3.05, 3.63) is 70.1 Å². The lowest BCUT2D eigenvalue weighted by molar-refractivity contribution is 0.102.